The number of methoxy groups -OCH3 is 2. The van der Waals surface area contributed by atoms with Crippen molar-refractivity contribution in [3.63, 3.8) is 0 Å². The molecule has 0 aliphatic heterocycles. The lowest BCUT2D eigenvalue weighted by molar-refractivity contribution is 0.119. The molecule has 0 amide bonds. The van der Waals surface area contributed by atoms with Gasteiger partial charge in [-0.1, -0.05) is 6.42 Å². The highest BCUT2D eigenvalue weighted by atomic mass is 16.5. The van der Waals surface area contributed by atoms with E-state index in [2.05, 4.69) is 0 Å². The zero-order valence-electron chi connectivity index (χ0n) is 10.5. The molecule has 1 aromatic rings. The van der Waals surface area contributed by atoms with Gasteiger partial charge in [0.05, 0.1) is 20.3 Å². The Morgan fingerprint density at radius 1 is 1.06 bits per heavy atom. The molecule has 1 N–H and O–H groups in total. The van der Waals surface area contributed by atoms with Crippen LogP contribution < -0.4 is 9.47 Å². The predicted molar refractivity (Wildman–Crippen MR) is 66.8 cm³/mol. The van der Waals surface area contributed by atoms with E-state index in [0.29, 0.717) is 5.92 Å². The standard InChI is InChI=1S/C14H20O3/c1-16-13-7-11(8-14(9-13)17-2)10-4-3-5-12(15)6-10/h7-10,12,15H,3-6H2,1-2H3. The second-order valence-electron chi connectivity index (χ2n) is 4.66. The maximum Gasteiger partial charge on any atom is 0.122 e. The summed E-state index contributed by atoms with van der Waals surface area (Å²) in [7, 11) is 3.32. The molecule has 0 bridgehead atoms. The van der Waals surface area contributed by atoms with Crippen LogP contribution in [-0.2, 0) is 0 Å². The highest BCUT2D eigenvalue weighted by molar-refractivity contribution is 5.40. The van der Waals surface area contributed by atoms with Crippen LogP contribution in [0.4, 0.5) is 0 Å². The van der Waals surface area contributed by atoms with Gasteiger partial charge in [-0.2, -0.15) is 0 Å². The lowest BCUT2D eigenvalue weighted by Gasteiger charge is -2.26. The zero-order chi connectivity index (χ0) is 12.3. The molecule has 2 rings (SSSR count). The Morgan fingerprint density at radius 2 is 1.71 bits per heavy atom. The molecule has 0 saturated heterocycles. The van der Waals surface area contributed by atoms with Crippen LogP contribution in [-0.4, -0.2) is 25.4 Å². The second-order valence-corrected chi connectivity index (χ2v) is 4.66. The summed E-state index contributed by atoms with van der Waals surface area (Å²) in [5, 5.41) is 9.73. The molecule has 0 spiro atoms. The van der Waals surface area contributed by atoms with Crippen molar-refractivity contribution in [2.24, 2.45) is 0 Å². The van der Waals surface area contributed by atoms with Gasteiger partial charge in [0, 0.05) is 6.07 Å². The minimum absolute atomic E-state index is 0.161. The van der Waals surface area contributed by atoms with Gasteiger partial charge in [0.15, 0.2) is 0 Å². The Morgan fingerprint density at radius 3 is 2.24 bits per heavy atom. The van der Waals surface area contributed by atoms with Gasteiger partial charge in [-0.05, 0) is 42.9 Å². The van der Waals surface area contributed by atoms with Gasteiger partial charge in [-0.15, -0.1) is 0 Å². The molecule has 2 unspecified atom stereocenters. The first-order valence-electron chi connectivity index (χ1n) is 6.14. The fourth-order valence-corrected chi connectivity index (χ4v) is 2.53. The fourth-order valence-electron chi connectivity index (χ4n) is 2.53. The normalized spacial score (nSPS) is 24.4. The lowest BCUT2D eigenvalue weighted by Crippen LogP contribution is -2.18. The molecule has 3 heteroatoms. The van der Waals surface area contributed by atoms with Crippen LogP contribution in [0.5, 0.6) is 11.5 Å². The van der Waals surface area contributed by atoms with E-state index in [1.165, 1.54) is 5.56 Å². The van der Waals surface area contributed by atoms with Crippen LogP contribution in [0.3, 0.4) is 0 Å². The molecular weight excluding hydrogens is 216 g/mol. The van der Waals surface area contributed by atoms with E-state index in [4.69, 9.17) is 9.47 Å². The number of hydrogen-bond donors (Lipinski definition) is 1. The number of ether oxygens (including phenoxy) is 2. The van der Waals surface area contributed by atoms with Gasteiger partial charge in [0.25, 0.3) is 0 Å². The summed E-state index contributed by atoms with van der Waals surface area (Å²) in [6, 6.07) is 5.97. The van der Waals surface area contributed by atoms with Gasteiger partial charge >= 0.3 is 0 Å². The minimum Gasteiger partial charge on any atom is -0.497 e. The van der Waals surface area contributed by atoms with Gasteiger partial charge in [0.1, 0.15) is 11.5 Å². The first-order chi connectivity index (χ1) is 8.22. The Kier molecular flexibility index (Phi) is 3.89. The number of hydrogen-bond acceptors (Lipinski definition) is 3. The second kappa shape index (κ2) is 5.41. The Labute approximate surface area is 102 Å². The van der Waals surface area contributed by atoms with Crippen LogP contribution in [0.15, 0.2) is 18.2 Å². The molecule has 1 saturated carbocycles. The predicted octanol–water partition coefficient (Wildman–Crippen LogP) is 2.72. The zero-order valence-corrected chi connectivity index (χ0v) is 10.5. The van der Waals surface area contributed by atoms with Crippen LogP contribution in [0.2, 0.25) is 0 Å². The van der Waals surface area contributed by atoms with Crippen molar-refractivity contribution < 1.29 is 14.6 Å². The monoisotopic (exact) mass is 236 g/mol. The van der Waals surface area contributed by atoms with Crippen LogP contribution in [0.25, 0.3) is 0 Å². The molecule has 1 aliphatic carbocycles. The summed E-state index contributed by atoms with van der Waals surface area (Å²) in [5.41, 5.74) is 1.21. The molecular formula is C14H20O3. The third-order valence-electron chi connectivity index (χ3n) is 3.49. The first kappa shape index (κ1) is 12.2. The quantitative estimate of drug-likeness (QED) is 0.877. The first-order valence-corrected chi connectivity index (χ1v) is 6.14. The van der Waals surface area contributed by atoms with E-state index < -0.39 is 0 Å². The average Bonchev–Trinajstić information content (AvgIpc) is 2.38. The summed E-state index contributed by atoms with van der Waals surface area (Å²) >= 11 is 0. The van der Waals surface area contributed by atoms with Crippen LogP contribution in [0, 0.1) is 0 Å². The molecule has 2 atom stereocenters. The Bertz CT molecular complexity index is 353. The number of aliphatic hydroxyl groups excluding tert-OH is 1. The average molecular weight is 236 g/mol. The lowest BCUT2D eigenvalue weighted by atomic mass is 9.82. The molecule has 17 heavy (non-hydrogen) atoms. The maximum atomic E-state index is 9.73. The molecule has 1 fully saturated rings. The maximum absolute atomic E-state index is 9.73. The van der Waals surface area contributed by atoms with Crippen molar-refractivity contribution in [1.82, 2.24) is 0 Å². The van der Waals surface area contributed by atoms with Crippen molar-refractivity contribution in [3.05, 3.63) is 23.8 Å². The van der Waals surface area contributed by atoms with Crippen molar-refractivity contribution in [3.8, 4) is 11.5 Å². The molecule has 0 aromatic heterocycles. The van der Waals surface area contributed by atoms with E-state index in [1.54, 1.807) is 14.2 Å². The van der Waals surface area contributed by atoms with E-state index in [-0.39, 0.29) is 6.10 Å². The van der Waals surface area contributed by atoms with Gasteiger partial charge in [0.2, 0.25) is 0 Å². The third-order valence-corrected chi connectivity index (χ3v) is 3.49. The topological polar surface area (TPSA) is 38.7 Å². The molecule has 3 nitrogen and oxygen atoms in total. The largest absolute Gasteiger partial charge is 0.497 e. The number of benzene rings is 1. The molecule has 94 valence electrons. The van der Waals surface area contributed by atoms with Gasteiger partial charge in [-0.25, -0.2) is 0 Å². The smallest absolute Gasteiger partial charge is 0.122 e. The number of rotatable bonds is 3. The van der Waals surface area contributed by atoms with Crippen molar-refractivity contribution in [1.29, 1.82) is 0 Å². The van der Waals surface area contributed by atoms with Gasteiger partial charge in [-0.3, -0.25) is 0 Å². The summed E-state index contributed by atoms with van der Waals surface area (Å²) in [6.45, 7) is 0. The van der Waals surface area contributed by atoms with Gasteiger partial charge < -0.3 is 14.6 Å². The van der Waals surface area contributed by atoms with E-state index in [1.807, 2.05) is 18.2 Å². The summed E-state index contributed by atoms with van der Waals surface area (Å²) in [4.78, 5) is 0. The highest BCUT2D eigenvalue weighted by Gasteiger charge is 2.22. The van der Waals surface area contributed by atoms with Crippen LogP contribution in [0.1, 0.15) is 37.2 Å². The Hall–Kier alpha value is -1.22. The number of aliphatic hydroxyl groups is 1. The molecule has 1 aromatic carbocycles. The molecule has 0 radical (unpaired) electrons. The van der Waals surface area contributed by atoms with E-state index >= 15 is 0 Å². The van der Waals surface area contributed by atoms with Crippen molar-refractivity contribution in [2.75, 3.05) is 14.2 Å². The van der Waals surface area contributed by atoms with Crippen molar-refractivity contribution in [2.45, 2.75) is 37.7 Å². The van der Waals surface area contributed by atoms with E-state index in [0.717, 1.165) is 37.2 Å². The van der Waals surface area contributed by atoms with E-state index in [9.17, 15) is 5.11 Å². The fraction of sp³-hybridized carbons (Fsp3) is 0.571. The van der Waals surface area contributed by atoms with Crippen molar-refractivity contribution >= 4 is 0 Å². The van der Waals surface area contributed by atoms with Crippen LogP contribution >= 0.6 is 0 Å². The summed E-state index contributed by atoms with van der Waals surface area (Å²) < 4.78 is 10.5. The highest BCUT2D eigenvalue weighted by Crippen LogP contribution is 2.36. The summed E-state index contributed by atoms with van der Waals surface area (Å²) in [5.74, 6) is 2.06. The minimum atomic E-state index is -0.161. The molecule has 0 heterocycles. The summed E-state index contributed by atoms with van der Waals surface area (Å²) in [6.07, 6.45) is 3.83. The molecule has 1 aliphatic rings. The Balaban J connectivity index is 2.23. The third kappa shape index (κ3) is 2.91. The SMILES string of the molecule is COc1cc(OC)cc(C2CCCC(O)C2)c1.